The van der Waals surface area contributed by atoms with Crippen LogP contribution in [0.5, 0.6) is 0 Å². The quantitative estimate of drug-likeness (QED) is 0.486. The Morgan fingerprint density at radius 3 is 2.67 bits per heavy atom. The number of aliphatic carboxylic acids is 1. The standard InChI is InChI=1S/C10H16O5/c11-3-7(13)10-5-1-6(12)4(9(5)10)2-8(14)15/h4-7,9-13H,1-3H2,(H,14,15). The van der Waals surface area contributed by atoms with Crippen LogP contribution in [0.2, 0.25) is 0 Å². The molecule has 2 aliphatic rings. The summed E-state index contributed by atoms with van der Waals surface area (Å²) in [7, 11) is 0. The van der Waals surface area contributed by atoms with Gasteiger partial charge in [0, 0.05) is 0 Å². The highest BCUT2D eigenvalue weighted by Crippen LogP contribution is 2.62. The minimum Gasteiger partial charge on any atom is -0.481 e. The van der Waals surface area contributed by atoms with Crippen molar-refractivity contribution in [2.75, 3.05) is 6.61 Å². The zero-order valence-corrected chi connectivity index (χ0v) is 8.28. The van der Waals surface area contributed by atoms with E-state index in [4.69, 9.17) is 10.2 Å². The van der Waals surface area contributed by atoms with Crippen LogP contribution in [0.15, 0.2) is 0 Å². The molecule has 0 aromatic carbocycles. The SMILES string of the molecule is O=C(O)CC1C(O)CC2C(C(O)CO)C12. The van der Waals surface area contributed by atoms with Crippen LogP contribution in [0, 0.1) is 23.7 Å². The summed E-state index contributed by atoms with van der Waals surface area (Å²) < 4.78 is 0. The van der Waals surface area contributed by atoms with Crippen molar-refractivity contribution in [3.05, 3.63) is 0 Å². The van der Waals surface area contributed by atoms with E-state index in [9.17, 15) is 15.0 Å². The molecule has 5 nitrogen and oxygen atoms in total. The number of hydrogen-bond donors (Lipinski definition) is 4. The first-order chi connectivity index (χ1) is 7.06. The van der Waals surface area contributed by atoms with E-state index < -0.39 is 18.2 Å². The number of aliphatic hydroxyl groups is 3. The first kappa shape index (κ1) is 10.9. The van der Waals surface area contributed by atoms with E-state index in [1.54, 1.807) is 0 Å². The minimum atomic E-state index is -0.913. The van der Waals surface area contributed by atoms with Crippen LogP contribution in [0.25, 0.3) is 0 Å². The molecule has 0 heterocycles. The van der Waals surface area contributed by atoms with Crippen molar-refractivity contribution >= 4 is 5.97 Å². The second-order valence-electron chi connectivity index (χ2n) is 4.63. The third kappa shape index (κ3) is 1.75. The first-order valence-electron chi connectivity index (χ1n) is 5.25. The predicted molar refractivity (Wildman–Crippen MR) is 49.9 cm³/mol. The molecule has 5 heteroatoms. The van der Waals surface area contributed by atoms with Gasteiger partial charge in [-0.2, -0.15) is 0 Å². The van der Waals surface area contributed by atoms with Crippen molar-refractivity contribution in [1.82, 2.24) is 0 Å². The number of aliphatic hydroxyl groups excluding tert-OH is 3. The fraction of sp³-hybridized carbons (Fsp3) is 0.900. The summed E-state index contributed by atoms with van der Waals surface area (Å²) in [6.07, 6.45) is -0.802. The molecular formula is C10H16O5. The van der Waals surface area contributed by atoms with Crippen LogP contribution in [0.3, 0.4) is 0 Å². The lowest BCUT2D eigenvalue weighted by molar-refractivity contribution is -0.139. The van der Waals surface area contributed by atoms with Gasteiger partial charge in [0.15, 0.2) is 0 Å². The lowest BCUT2D eigenvalue weighted by Crippen LogP contribution is -2.27. The summed E-state index contributed by atoms with van der Waals surface area (Å²) in [6.45, 7) is -0.284. The van der Waals surface area contributed by atoms with Crippen LogP contribution in [-0.4, -0.2) is 45.2 Å². The van der Waals surface area contributed by atoms with Crippen LogP contribution in [-0.2, 0) is 4.79 Å². The van der Waals surface area contributed by atoms with E-state index in [2.05, 4.69) is 0 Å². The lowest BCUT2D eigenvalue weighted by atomic mass is 9.92. The number of fused-ring (bicyclic) bond motifs is 1. The summed E-state index contributed by atoms with van der Waals surface area (Å²) in [6, 6.07) is 0. The van der Waals surface area contributed by atoms with Crippen molar-refractivity contribution in [3.63, 3.8) is 0 Å². The number of carboxylic acid groups (broad SMARTS) is 1. The van der Waals surface area contributed by atoms with Gasteiger partial charge in [-0.05, 0) is 30.1 Å². The highest BCUT2D eigenvalue weighted by atomic mass is 16.4. The van der Waals surface area contributed by atoms with Gasteiger partial charge >= 0.3 is 5.97 Å². The largest absolute Gasteiger partial charge is 0.481 e. The molecule has 2 saturated carbocycles. The number of hydrogen-bond acceptors (Lipinski definition) is 4. The van der Waals surface area contributed by atoms with Crippen molar-refractivity contribution < 1.29 is 25.2 Å². The second kappa shape index (κ2) is 3.73. The maximum atomic E-state index is 10.6. The topological polar surface area (TPSA) is 98.0 Å². The van der Waals surface area contributed by atoms with Crippen LogP contribution in [0.1, 0.15) is 12.8 Å². The highest BCUT2D eigenvalue weighted by molar-refractivity contribution is 5.67. The lowest BCUT2D eigenvalue weighted by Gasteiger charge is -2.19. The Labute approximate surface area is 87.4 Å². The average Bonchev–Trinajstić information content (AvgIpc) is 2.78. The maximum absolute atomic E-state index is 10.6. The normalized spacial score (nSPS) is 44.9. The average molecular weight is 216 g/mol. The summed E-state index contributed by atoms with van der Waals surface area (Å²) in [5.74, 6) is -0.893. The van der Waals surface area contributed by atoms with E-state index in [-0.39, 0.29) is 36.7 Å². The number of rotatable bonds is 4. The molecule has 2 aliphatic carbocycles. The smallest absolute Gasteiger partial charge is 0.303 e. The van der Waals surface area contributed by atoms with Crippen molar-refractivity contribution in [2.45, 2.75) is 25.0 Å². The summed E-state index contributed by atoms with van der Waals surface area (Å²) in [4.78, 5) is 10.6. The molecule has 2 fully saturated rings. The molecule has 0 aromatic heterocycles. The van der Waals surface area contributed by atoms with Gasteiger partial charge in [-0.25, -0.2) is 0 Å². The Bertz CT molecular complexity index is 267. The number of carbonyl (C=O) groups is 1. The molecule has 0 amide bonds. The molecule has 6 unspecified atom stereocenters. The van der Waals surface area contributed by atoms with E-state index in [0.29, 0.717) is 6.42 Å². The van der Waals surface area contributed by atoms with Gasteiger partial charge in [-0.3, -0.25) is 4.79 Å². The van der Waals surface area contributed by atoms with E-state index in [1.165, 1.54) is 0 Å². The Morgan fingerprint density at radius 1 is 1.47 bits per heavy atom. The molecule has 0 radical (unpaired) electrons. The zero-order chi connectivity index (χ0) is 11.2. The minimum absolute atomic E-state index is 0.0113. The van der Waals surface area contributed by atoms with Crippen LogP contribution in [0.4, 0.5) is 0 Å². The van der Waals surface area contributed by atoms with E-state index in [0.717, 1.165) is 0 Å². The summed E-state index contributed by atoms with van der Waals surface area (Å²) in [5, 5.41) is 36.6. The molecule has 86 valence electrons. The van der Waals surface area contributed by atoms with Crippen molar-refractivity contribution in [1.29, 1.82) is 0 Å². The van der Waals surface area contributed by atoms with Crippen LogP contribution < -0.4 is 0 Å². The van der Waals surface area contributed by atoms with Gasteiger partial charge < -0.3 is 20.4 Å². The fourth-order valence-corrected chi connectivity index (χ4v) is 3.19. The molecule has 0 aliphatic heterocycles. The Kier molecular flexibility index (Phi) is 2.70. The molecule has 0 saturated heterocycles. The van der Waals surface area contributed by atoms with Crippen molar-refractivity contribution in [2.24, 2.45) is 23.7 Å². The monoisotopic (exact) mass is 216 g/mol. The molecule has 2 rings (SSSR count). The molecule has 4 N–H and O–H groups in total. The number of carboxylic acids is 1. The van der Waals surface area contributed by atoms with Gasteiger partial charge in [-0.1, -0.05) is 0 Å². The van der Waals surface area contributed by atoms with Gasteiger partial charge in [0.1, 0.15) is 0 Å². The maximum Gasteiger partial charge on any atom is 0.303 e. The van der Waals surface area contributed by atoms with E-state index >= 15 is 0 Å². The Balaban J connectivity index is 1.98. The molecule has 15 heavy (non-hydrogen) atoms. The Hall–Kier alpha value is -0.650. The molecule has 0 aromatic rings. The molecule has 6 atom stereocenters. The van der Waals surface area contributed by atoms with Crippen molar-refractivity contribution in [3.8, 4) is 0 Å². The second-order valence-corrected chi connectivity index (χ2v) is 4.63. The highest BCUT2D eigenvalue weighted by Gasteiger charge is 2.63. The predicted octanol–water partition coefficient (Wildman–Crippen LogP) is -0.943. The van der Waals surface area contributed by atoms with Crippen LogP contribution >= 0.6 is 0 Å². The van der Waals surface area contributed by atoms with Gasteiger partial charge in [0.25, 0.3) is 0 Å². The zero-order valence-electron chi connectivity index (χ0n) is 8.28. The third-order valence-electron chi connectivity index (χ3n) is 3.84. The van der Waals surface area contributed by atoms with Gasteiger partial charge in [0.2, 0.25) is 0 Å². The third-order valence-corrected chi connectivity index (χ3v) is 3.84. The molecule has 0 spiro atoms. The first-order valence-corrected chi connectivity index (χ1v) is 5.25. The van der Waals surface area contributed by atoms with Gasteiger partial charge in [-0.15, -0.1) is 0 Å². The Morgan fingerprint density at radius 2 is 2.13 bits per heavy atom. The molecular weight excluding hydrogens is 200 g/mol. The van der Waals surface area contributed by atoms with Gasteiger partial charge in [0.05, 0.1) is 25.2 Å². The summed E-state index contributed by atoms with van der Waals surface area (Å²) in [5.41, 5.74) is 0. The fourth-order valence-electron chi connectivity index (χ4n) is 3.19. The van der Waals surface area contributed by atoms with E-state index in [1.807, 2.05) is 0 Å². The summed E-state index contributed by atoms with van der Waals surface area (Å²) >= 11 is 0. The molecule has 0 bridgehead atoms.